The van der Waals surface area contributed by atoms with Gasteiger partial charge in [-0.05, 0) is 12.1 Å². The summed E-state index contributed by atoms with van der Waals surface area (Å²) in [5, 5.41) is 17.9. The molecule has 1 aliphatic heterocycles. The van der Waals surface area contributed by atoms with Crippen LogP contribution in [0.5, 0.6) is 5.75 Å². The third-order valence-electron chi connectivity index (χ3n) is 2.38. The van der Waals surface area contributed by atoms with Crippen LogP contribution in [0.25, 0.3) is 0 Å². The van der Waals surface area contributed by atoms with E-state index < -0.39 is 31.4 Å². The minimum absolute atomic E-state index is 0.155. The molecule has 1 unspecified atom stereocenters. The fraction of sp³-hybridized carbons (Fsp3) is 0.222. The molecule has 0 aliphatic carbocycles. The zero-order valence-electron chi connectivity index (χ0n) is 7.98. The molecule has 1 aliphatic rings. The summed E-state index contributed by atoms with van der Waals surface area (Å²) in [5.74, 6) is -2.36. The van der Waals surface area contributed by atoms with Crippen LogP contribution in [-0.4, -0.2) is 29.3 Å². The molecule has 0 bridgehead atoms. The van der Waals surface area contributed by atoms with E-state index in [1.54, 1.807) is 0 Å². The Hall–Kier alpha value is -1.63. The number of alkyl halides is 1. The molecule has 0 spiro atoms. The first kappa shape index (κ1) is 10.9. The van der Waals surface area contributed by atoms with Crippen molar-refractivity contribution in [3.63, 3.8) is 0 Å². The number of fused-ring (bicyclic) bond motifs is 1. The molecule has 4 nitrogen and oxygen atoms in total. The molecule has 1 heterocycles. The Morgan fingerprint density at radius 2 is 2.25 bits per heavy atom. The van der Waals surface area contributed by atoms with Gasteiger partial charge in [0.15, 0.2) is 6.07 Å². The normalized spacial score (nSPS) is 18.9. The summed E-state index contributed by atoms with van der Waals surface area (Å²) < 4.78 is 31.1. The van der Waals surface area contributed by atoms with E-state index >= 15 is 0 Å². The summed E-state index contributed by atoms with van der Waals surface area (Å²) in [6.45, 7) is 0. The van der Waals surface area contributed by atoms with Gasteiger partial charge in [-0.2, -0.15) is 0 Å². The van der Waals surface area contributed by atoms with Gasteiger partial charge in [0, 0.05) is 12.0 Å². The van der Waals surface area contributed by atoms with Gasteiger partial charge in [-0.3, -0.25) is 0 Å². The highest BCUT2D eigenvalue weighted by molar-refractivity contribution is 6.46. The summed E-state index contributed by atoms with van der Waals surface area (Å²) in [6, 6.07) is 1.96. The quantitative estimate of drug-likeness (QED) is 0.698. The van der Waals surface area contributed by atoms with Crippen LogP contribution in [0.1, 0.15) is 15.9 Å². The van der Waals surface area contributed by atoms with Crippen LogP contribution in [0, 0.1) is 5.82 Å². The number of hydrogen-bond acceptors (Lipinski definition) is 3. The Balaban J connectivity index is 2.56. The predicted octanol–water partition coefficient (Wildman–Crippen LogP) is 0.817. The number of rotatable bonds is 1. The highest BCUT2D eigenvalue weighted by atomic mass is 19.1. The number of carboxylic acids is 1. The molecule has 7 heteroatoms. The average Bonchev–Trinajstić information content (AvgIpc) is 2.21. The summed E-state index contributed by atoms with van der Waals surface area (Å²) in [4.78, 5) is 10.8. The highest BCUT2D eigenvalue weighted by Crippen LogP contribution is 2.32. The molecule has 0 amide bonds. The fourth-order valence-corrected chi connectivity index (χ4v) is 1.59. The van der Waals surface area contributed by atoms with E-state index in [4.69, 9.17) is 10.1 Å². The summed E-state index contributed by atoms with van der Waals surface area (Å²) in [5.41, 5.74) is -0.444. The van der Waals surface area contributed by atoms with E-state index in [-0.39, 0.29) is 16.9 Å². The molecule has 0 fully saturated rings. The number of carbonyl (C=O) groups is 1. The van der Waals surface area contributed by atoms with Crippen molar-refractivity contribution >= 4 is 13.1 Å². The molecular weight excluding hydrogens is 221 g/mol. The second-order valence-corrected chi connectivity index (χ2v) is 3.44. The first-order valence-corrected chi connectivity index (χ1v) is 4.54. The molecule has 0 saturated heterocycles. The Kier molecular flexibility index (Phi) is 2.55. The van der Waals surface area contributed by atoms with Crippen molar-refractivity contribution in [2.75, 3.05) is 0 Å². The fourth-order valence-electron chi connectivity index (χ4n) is 1.59. The van der Waals surface area contributed by atoms with Crippen molar-refractivity contribution in [2.45, 2.75) is 12.5 Å². The second-order valence-electron chi connectivity index (χ2n) is 3.44. The summed E-state index contributed by atoms with van der Waals surface area (Å²) in [6.07, 6.45) is -2.16. The first-order valence-electron chi connectivity index (χ1n) is 4.54. The molecule has 84 valence electrons. The van der Waals surface area contributed by atoms with E-state index in [0.29, 0.717) is 0 Å². The van der Waals surface area contributed by atoms with Gasteiger partial charge < -0.3 is 14.8 Å². The zero-order valence-corrected chi connectivity index (χ0v) is 7.98. The van der Waals surface area contributed by atoms with Gasteiger partial charge in [-0.15, -0.1) is 0 Å². The van der Waals surface area contributed by atoms with Crippen LogP contribution in [0.3, 0.4) is 0 Å². The van der Waals surface area contributed by atoms with Gasteiger partial charge in [-0.1, -0.05) is 0 Å². The van der Waals surface area contributed by atoms with E-state index in [9.17, 15) is 13.6 Å². The van der Waals surface area contributed by atoms with Crippen molar-refractivity contribution in [3.05, 3.63) is 29.1 Å². The molecule has 2 N–H and O–H groups in total. The van der Waals surface area contributed by atoms with Gasteiger partial charge in [0.05, 0.1) is 0 Å². The maximum Gasteiger partial charge on any atom is 0.559 e. The van der Waals surface area contributed by atoms with Crippen LogP contribution in [0.2, 0.25) is 0 Å². The van der Waals surface area contributed by atoms with Crippen molar-refractivity contribution in [1.82, 2.24) is 0 Å². The lowest BCUT2D eigenvalue weighted by Gasteiger charge is -2.24. The van der Waals surface area contributed by atoms with E-state index in [0.717, 1.165) is 12.1 Å². The number of benzene rings is 1. The largest absolute Gasteiger partial charge is 0.559 e. The van der Waals surface area contributed by atoms with Gasteiger partial charge in [-0.25, -0.2) is 13.6 Å². The topological polar surface area (TPSA) is 66.8 Å². The van der Waals surface area contributed by atoms with E-state index in [1.165, 1.54) is 0 Å². The first-order chi connectivity index (χ1) is 7.50. The summed E-state index contributed by atoms with van der Waals surface area (Å²) >= 11 is 0. The van der Waals surface area contributed by atoms with E-state index in [1.807, 2.05) is 0 Å². The van der Waals surface area contributed by atoms with E-state index in [2.05, 4.69) is 4.65 Å². The SMILES string of the molecule is O=C(O)c1ccc(F)c2c1OB(O)C(F)C2. The van der Waals surface area contributed by atoms with Gasteiger partial charge in [0.2, 0.25) is 0 Å². The lowest BCUT2D eigenvalue weighted by atomic mass is 9.76. The molecule has 0 saturated carbocycles. The monoisotopic (exact) mass is 228 g/mol. The molecule has 16 heavy (non-hydrogen) atoms. The molecule has 0 radical (unpaired) electrons. The van der Waals surface area contributed by atoms with Crippen LogP contribution in [0.4, 0.5) is 8.78 Å². The number of aromatic carboxylic acids is 1. The Morgan fingerprint density at radius 3 is 2.88 bits per heavy atom. The van der Waals surface area contributed by atoms with Crippen molar-refractivity contribution in [3.8, 4) is 5.75 Å². The summed E-state index contributed by atoms with van der Waals surface area (Å²) in [7, 11) is -1.76. The molecule has 0 aromatic heterocycles. The molecule has 1 aromatic carbocycles. The number of hydrogen-bond donors (Lipinski definition) is 2. The zero-order chi connectivity index (χ0) is 11.9. The average molecular weight is 228 g/mol. The highest BCUT2D eigenvalue weighted by Gasteiger charge is 2.38. The van der Waals surface area contributed by atoms with Crippen LogP contribution >= 0.6 is 0 Å². The Bertz CT molecular complexity index is 451. The Morgan fingerprint density at radius 1 is 1.56 bits per heavy atom. The second kappa shape index (κ2) is 3.75. The van der Waals surface area contributed by atoms with Crippen molar-refractivity contribution in [1.29, 1.82) is 0 Å². The smallest absolute Gasteiger partial charge is 0.533 e. The minimum atomic E-state index is -1.76. The number of carboxylic acid groups (broad SMARTS) is 1. The predicted molar refractivity (Wildman–Crippen MR) is 50.6 cm³/mol. The number of halogens is 2. The molecule has 1 atom stereocenters. The van der Waals surface area contributed by atoms with Gasteiger partial charge in [0.1, 0.15) is 17.1 Å². The molecule has 1 aromatic rings. The van der Waals surface area contributed by atoms with Crippen LogP contribution < -0.4 is 4.65 Å². The maximum atomic E-state index is 13.3. The maximum absolute atomic E-state index is 13.3. The van der Waals surface area contributed by atoms with Crippen molar-refractivity contribution in [2.24, 2.45) is 0 Å². The third-order valence-corrected chi connectivity index (χ3v) is 2.38. The molecule has 2 rings (SSSR count). The lowest BCUT2D eigenvalue weighted by molar-refractivity contribution is 0.0693. The minimum Gasteiger partial charge on any atom is -0.533 e. The van der Waals surface area contributed by atoms with Crippen molar-refractivity contribution < 1.29 is 28.4 Å². The Labute approximate surface area is 89.6 Å². The molecular formula is C9H7BF2O4. The standard InChI is InChI=1S/C9H7BF2O4/c11-6-2-1-4(9(13)14)8-5(6)3-7(12)10(15)16-8/h1-2,7,15H,3H2,(H,13,14). The lowest BCUT2D eigenvalue weighted by Crippen LogP contribution is -2.40. The van der Waals surface area contributed by atoms with Crippen LogP contribution in [-0.2, 0) is 6.42 Å². The van der Waals surface area contributed by atoms with Gasteiger partial charge >= 0.3 is 13.1 Å². The van der Waals surface area contributed by atoms with Gasteiger partial charge in [0.25, 0.3) is 0 Å². The van der Waals surface area contributed by atoms with Crippen LogP contribution in [0.15, 0.2) is 12.1 Å². The third kappa shape index (κ3) is 1.63.